The van der Waals surface area contributed by atoms with Gasteiger partial charge >= 0.3 is 0 Å². The zero-order valence-electron chi connectivity index (χ0n) is 12.7. The highest BCUT2D eigenvalue weighted by Gasteiger charge is 2.35. The van der Waals surface area contributed by atoms with E-state index in [0.29, 0.717) is 4.83 Å². The third kappa shape index (κ3) is 3.50. The van der Waals surface area contributed by atoms with Crippen LogP contribution in [0, 0.1) is 17.8 Å². The van der Waals surface area contributed by atoms with E-state index in [9.17, 15) is 0 Å². The molecule has 4 unspecified atom stereocenters. The van der Waals surface area contributed by atoms with Gasteiger partial charge in [-0.3, -0.25) is 0 Å². The Bertz CT molecular complexity index is 488. The molecule has 21 heavy (non-hydrogen) atoms. The van der Waals surface area contributed by atoms with Gasteiger partial charge in [0, 0.05) is 4.83 Å². The molecule has 2 aliphatic rings. The molecule has 0 heterocycles. The lowest BCUT2D eigenvalue weighted by Crippen LogP contribution is -2.29. The summed E-state index contributed by atoms with van der Waals surface area (Å²) in [7, 11) is 1.72. The lowest BCUT2D eigenvalue weighted by Gasteiger charge is -2.41. The Morgan fingerprint density at radius 1 is 1.10 bits per heavy atom. The number of hydrogen-bond donors (Lipinski definition) is 0. The second-order valence-electron chi connectivity index (χ2n) is 6.67. The molecule has 3 rings (SSSR count). The van der Waals surface area contributed by atoms with Crippen molar-refractivity contribution in [3.63, 3.8) is 0 Å². The van der Waals surface area contributed by atoms with Crippen LogP contribution in [0.4, 0.5) is 0 Å². The summed E-state index contributed by atoms with van der Waals surface area (Å²) in [5.74, 6) is 3.70. The largest absolute Gasteiger partial charge is 0.496 e. The topological polar surface area (TPSA) is 9.23 Å². The lowest BCUT2D eigenvalue weighted by atomic mass is 9.66. The van der Waals surface area contributed by atoms with Crippen molar-refractivity contribution >= 4 is 31.9 Å². The van der Waals surface area contributed by atoms with Gasteiger partial charge in [-0.1, -0.05) is 47.7 Å². The molecular formula is C18H24Br2O. The molecule has 116 valence electrons. The third-order valence-electron chi connectivity index (χ3n) is 5.49. The summed E-state index contributed by atoms with van der Waals surface area (Å²) in [6.45, 7) is 0. The van der Waals surface area contributed by atoms with Crippen LogP contribution in [-0.2, 0) is 0 Å². The Balaban J connectivity index is 1.70. The molecule has 0 saturated heterocycles. The maximum atomic E-state index is 5.33. The van der Waals surface area contributed by atoms with Gasteiger partial charge in [-0.25, -0.2) is 0 Å². The molecule has 0 bridgehead atoms. The summed E-state index contributed by atoms with van der Waals surface area (Å²) in [5.41, 5.74) is 1.38. The molecule has 1 nitrogen and oxygen atoms in total. The van der Waals surface area contributed by atoms with E-state index in [0.717, 1.165) is 28.0 Å². The fourth-order valence-corrected chi connectivity index (χ4v) is 5.63. The Morgan fingerprint density at radius 2 is 1.86 bits per heavy atom. The first-order valence-corrected chi connectivity index (χ1v) is 9.87. The van der Waals surface area contributed by atoms with E-state index in [1.165, 1.54) is 50.5 Å². The SMILES string of the molecule is COc1ccc(C(Br)C2CCC3CCCCC3C2)cc1Br. The van der Waals surface area contributed by atoms with Crippen LogP contribution in [0.5, 0.6) is 5.75 Å². The highest BCUT2D eigenvalue weighted by atomic mass is 79.9. The van der Waals surface area contributed by atoms with Crippen LogP contribution in [0.25, 0.3) is 0 Å². The Kier molecular flexibility index (Phi) is 5.32. The predicted molar refractivity (Wildman–Crippen MR) is 95.2 cm³/mol. The highest BCUT2D eigenvalue weighted by Crippen LogP contribution is 2.49. The van der Waals surface area contributed by atoms with Crippen LogP contribution < -0.4 is 4.74 Å². The smallest absolute Gasteiger partial charge is 0.133 e. The standard InChI is InChI=1S/C18H24Br2O/c1-21-17-9-8-15(11-16(17)19)18(20)14-7-6-12-4-2-3-5-13(12)10-14/h8-9,11-14,18H,2-7,10H2,1H3. The van der Waals surface area contributed by atoms with Gasteiger partial charge in [0.2, 0.25) is 0 Å². The van der Waals surface area contributed by atoms with Crippen LogP contribution in [0.2, 0.25) is 0 Å². The average molecular weight is 416 g/mol. The fraction of sp³-hybridized carbons (Fsp3) is 0.667. The molecule has 1 aromatic rings. The number of halogens is 2. The number of alkyl halides is 1. The first-order chi connectivity index (χ1) is 10.2. The van der Waals surface area contributed by atoms with Gasteiger partial charge in [0.1, 0.15) is 5.75 Å². The molecule has 2 saturated carbocycles. The van der Waals surface area contributed by atoms with Crippen LogP contribution >= 0.6 is 31.9 Å². The summed E-state index contributed by atoms with van der Waals surface area (Å²) < 4.78 is 6.39. The van der Waals surface area contributed by atoms with Crippen molar-refractivity contribution in [3.8, 4) is 5.75 Å². The van der Waals surface area contributed by atoms with Gasteiger partial charge in [0.15, 0.2) is 0 Å². The maximum Gasteiger partial charge on any atom is 0.133 e. The van der Waals surface area contributed by atoms with Gasteiger partial charge < -0.3 is 4.74 Å². The van der Waals surface area contributed by atoms with Gasteiger partial charge in [-0.05, 0) is 70.6 Å². The molecule has 2 aliphatic carbocycles. The average Bonchev–Trinajstić information content (AvgIpc) is 2.53. The van der Waals surface area contributed by atoms with E-state index in [1.54, 1.807) is 7.11 Å². The predicted octanol–water partition coefficient (Wildman–Crippen LogP) is 6.50. The van der Waals surface area contributed by atoms with Crippen molar-refractivity contribution in [3.05, 3.63) is 28.2 Å². The second-order valence-corrected chi connectivity index (χ2v) is 8.51. The van der Waals surface area contributed by atoms with Crippen molar-refractivity contribution < 1.29 is 4.74 Å². The normalized spacial score (nSPS) is 30.5. The van der Waals surface area contributed by atoms with Crippen LogP contribution in [0.15, 0.2) is 22.7 Å². The lowest BCUT2D eigenvalue weighted by molar-refractivity contribution is 0.129. The molecule has 0 aliphatic heterocycles. The first-order valence-electron chi connectivity index (χ1n) is 8.16. The molecule has 0 spiro atoms. The number of rotatable bonds is 3. The quantitative estimate of drug-likeness (QED) is 0.511. The second kappa shape index (κ2) is 7.04. The molecule has 2 fully saturated rings. The summed E-state index contributed by atoms with van der Waals surface area (Å²) in [4.78, 5) is 0.475. The maximum absolute atomic E-state index is 5.33. The first kappa shape index (κ1) is 15.9. The number of fused-ring (bicyclic) bond motifs is 1. The van der Waals surface area contributed by atoms with Crippen molar-refractivity contribution in [2.24, 2.45) is 17.8 Å². The van der Waals surface area contributed by atoms with E-state index < -0.39 is 0 Å². The minimum Gasteiger partial charge on any atom is -0.496 e. The van der Waals surface area contributed by atoms with Crippen molar-refractivity contribution in [1.82, 2.24) is 0 Å². The van der Waals surface area contributed by atoms with Crippen LogP contribution in [0.3, 0.4) is 0 Å². The molecule has 1 aromatic carbocycles. The van der Waals surface area contributed by atoms with E-state index >= 15 is 0 Å². The minimum atomic E-state index is 0.475. The van der Waals surface area contributed by atoms with Crippen molar-refractivity contribution in [2.75, 3.05) is 7.11 Å². The summed E-state index contributed by atoms with van der Waals surface area (Å²) in [6.07, 6.45) is 10.1. The highest BCUT2D eigenvalue weighted by molar-refractivity contribution is 9.10. The van der Waals surface area contributed by atoms with Gasteiger partial charge in [-0.15, -0.1) is 0 Å². The number of hydrogen-bond acceptors (Lipinski definition) is 1. The zero-order chi connectivity index (χ0) is 14.8. The Hall–Kier alpha value is -0.0200. The molecular weight excluding hydrogens is 392 g/mol. The van der Waals surface area contributed by atoms with Crippen molar-refractivity contribution in [1.29, 1.82) is 0 Å². The van der Waals surface area contributed by atoms with Crippen molar-refractivity contribution in [2.45, 2.75) is 49.8 Å². The number of ether oxygens (including phenoxy) is 1. The minimum absolute atomic E-state index is 0.475. The Morgan fingerprint density at radius 3 is 2.57 bits per heavy atom. The van der Waals surface area contributed by atoms with Gasteiger partial charge in [-0.2, -0.15) is 0 Å². The number of methoxy groups -OCH3 is 1. The Labute approximate surface area is 145 Å². The molecule has 3 heteroatoms. The molecule has 0 N–H and O–H groups in total. The molecule has 0 amide bonds. The molecule has 0 aromatic heterocycles. The zero-order valence-corrected chi connectivity index (χ0v) is 15.8. The van der Waals surface area contributed by atoms with E-state index in [2.05, 4.69) is 50.1 Å². The summed E-state index contributed by atoms with van der Waals surface area (Å²) >= 11 is 7.59. The summed E-state index contributed by atoms with van der Waals surface area (Å²) in [6, 6.07) is 6.49. The van der Waals surface area contributed by atoms with Crippen LogP contribution in [0.1, 0.15) is 55.3 Å². The number of benzene rings is 1. The summed E-state index contributed by atoms with van der Waals surface area (Å²) in [5, 5.41) is 0. The van der Waals surface area contributed by atoms with E-state index in [1.807, 2.05) is 0 Å². The fourth-order valence-electron chi connectivity index (χ4n) is 4.30. The van der Waals surface area contributed by atoms with E-state index in [4.69, 9.17) is 4.74 Å². The van der Waals surface area contributed by atoms with E-state index in [-0.39, 0.29) is 0 Å². The molecule has 4 atom stereocenters. The molecule has 0 radical (unpaired) electrons. The van der Waals surface area contributed by atoms with Gasteiger partial charge in [0.25, 0.3) is 0 Å². The monoisotopic (exact) mass is 414 g/mol. The third-order valence-corrected chi connectivity index (χ3v) is 7.38. The van der Waals surface area contributed by atoms with Gasteiger partial charge in [0.05, 0.1) is 11.6 Å². The van der Waals surface area contributed by atoms with Crippen LogP contribution in [-0.4, -0.2) is 7.11 Å².